The second kappa shape index (κ2) is 8.83. The van der Waals surface area contributed by atoms with E-state index in [0.717, 1.165) is 57.9 Å². The van der Waals surface area contributed by atoms with Gasteiger partial charge in [-0.2, -0.15) is 0 Å². The van der Waals surface area contributed by atoms with Gasteiger partial charge in [0.1, 0.15) is 36.3 Å². The molecule has 0 aromatic heterocycles. The van der Waals surface area contributed by atoms with Crippen molar-refractivity contribution in [1.82, 2.24) is 0 Å². The minimum absolute atomic E-state index is 0.448. The van der Waals surface area contributed by atoms with Gasteiger partial charge >= 0.3 is 0 Å². The zero-order valence-electron chi connectivity index (χ0n) is 16.8. The number of hydrogen-bond donors (Lipinski definition) is 4. The van der Waals surface area contributed by atoms with E-state index in [1.165, 1.54) is 0 Å². The molecule has 0 saturated carbocycles. The molecule has 7 heteroatoms. The molecule has 4 rings (SSSR count). The summed E-state index contributed by atoms with van der Waals surface area (Å²) in [6, 6.07) is 9.69. The number of hydrogen-bond acceptors (Lipinski definition) is 6. The fourth-order valence-corrected chi connectivity index (χ4v) is 4.87. The Kier molecular flexibility index (Phi) is 6.34. The van der Waals surface area contributed by atoms with Gasteiger partial charge in [0.25, 0.3) is 0 Å². The number of methoxy groups -OCH3 is 1. The van der Waals surface area contributed by atoms with E-state index >= 15 is 0 Å². The zero-order valence-corrected chi connectivity index (χ0v) is 17.5. The molecule has 4 N–H and O–H groups in total. The van der Waals surface area contributed by atoms with Crippen LogP contribution in [0.2, 0.25) is 5.02 Å². The van der Waals surface area contributed by atoms with Crippen LogP contribution in [0.5, 0.6) is 5.75 Å². The van der Waals surface area contributed by atoms with Crippen LogP contribution in [-0.2, 0) is 24.0 Å². The third-order valence-corrected chi connectivity index (χ3v) is 6.67. The van der Waals surface area contributed by atoms with Crippen molar-refractivity contribution in [1.29, 1.82) is 0 Å². The Morgan fingerprint density at radius 1 is 1.03 bits per heavy atom. The molecule has 0 bridgehead atoms. The van der Waals surface area contributed by atoms with Crippen LogP contribution in [-0.4, -0.2) is 58.6 Å². The fourth-order valence-electron chi connectivity index (χ4n) is 4.54. The molecule has 5 atom stereocenters. The van der Waals surface area contributed by atoms with Crippen LogP contribution in [0.15, 0.2) is 30.3 Å². The van der Waals surface area contributed by atoms with E-state index in [4.69, 9.17) is 21.1 Å². The van der Waals surface area contributed by atoms with E-state index in [1.807, 2.05) is 30.3 Å². The molecule has 1 fully saturated rings. The highest BCUT2D eigenvalue weighted by Crippen LogP contribution is 2.42. The molecule has 2 aromatic carbocycles. The topological polar surface area (TPSA) is 99.4 Å². The minimum atomic E-state index is -1.40. The monoisotopic (exact) mass is 434 g/mol. The summed E-state index contributed by atoms with van der Waals surface area (Å²) in [6.45, 7) is -0.448. The summed E-state index contributed by atoms with van der Waals surface area (Å²) < 4.78 is 11.1. The molecule has 162 valence electrons. The lowest BCUT2D eigenvalue weighted by Gasteiger charge is -2.41. The summed E-state index contributed by atoms with van der Waals surface area (Å²) in [5, 5.41) is 41.3. The molecule has 2 aromatic rings. The van der Waals surface area contributed by atoms with E-state index in [0.29, 0.717) is 6.42 Å². The first-order valence-electron chi connectivity index (χ1n) is 10.2. The fraction of sp³-hybridized carbons (Fsp3) is 0.478. The Morgan fingerprint density at radius 2 is 1.73 bits per heavy atom. The van der Waals surface area contributed by atoms with Gasteiger partial charge in [-0.25, -0.2) is 0 Å². The van der Waals surface area contributed by atoms with Crippen molar-refractivity contribution in [3.8, 4) is 5.75 Å². The van der Waals surface area contributed by atoms with Crippen molar-refractivity contribution in [2.45, 2.75) is 56.2 Å². The summed E-state index contributed by atoms with van der Waals surface area (Å²) in [5.41, 5.74) is 4.83. The normalized spacial score (nSPS) is 28.4. The van der Waals surface area contributed by atoms with Crippen LogP contribution < -0.4 is 4.74 Å². The standard InChI is InChI=1S/C23H27ClO6/c1-29-14-7-5-12(6-8-14)9-13-10-17(15-3-2-4-16(15)19(13)24)23-22(28)21(27)20(26)18(11-25)30-23/h5-8,10,18,20-23,25-28H,2-4,9,11H2,1H3/t18-,20-,21+,22-,23+/m0/s1. The average molecular weight is 435 g/mol. The second-order valence-corrected chi connectivity index (χ2v) is 8.40. The minimum Gasteiger partial charge on any atom is -0.497 e. The number of aliphatic hydroxyl groups is 4. The molecular weight excluding hydrogens is 408 g/mol. The van der Waals surface area contributed by atoms with Gasteiger partial charge in [0, 0.05) is 5.02 Å². The smallest absolute Gasteiger partial charge is 0.118 e. The summed E-state index contributed by atoms with van der Waals surface area (Å²) in [5.74, 6) is 0.779. The van der Waals surface area contributed by atoms with Crippen LogP contribution in [0.1, 0.15) is 40.3 Å². The third kappa shape index (κ3) is 3.84. The van der Waals surface area contributed by atoms with Gasteiger partial charge in [0.15, 0.2) is 0 Å². The van der Waals surface area contributed by atoms with Crippen LogP contribution in [0.3, 0.4) is 0 Å². The molecular formula is C23H27ClO6. The Morgan fingerprint density at radius 3 is 2.40 bits per heavy atom. The van der Waals surface area contributed by atoms with Crippen molar-refractivity contribution in [2.75, 3.05) is 13.7 Å². The number of halogens is 1. The molecule has 1 heterocycles. The van der Waals surface area contributed by atoms with Gasteiger partial charge in [-0.15, -0.1) is 0 Å². The summed E-state index contributed by atoms with van der Waals surface area (Å²) in [6.07, 6.45) is -2.67. The lowest BCUT2D eigenvalue weighted by atomic mass is 9.86. The number of ether oxygens (including phenoxy) is 2. The maximum absolute atomic E-state index is 10.6. The largest absolute Gasteiger partial charge is 0.497 e. The SMILES string of the molecule is COc1ccc(Cc2cc([C@H]3O[C@@H](CO)[C@H](O)[C@@H](O)[C@@H]3O)c3c(c2Cl)CCC3)cc1. The Labute approximate surface area is 180 Å². The van der Waals surface area contributed by atoms with Gasteiger partial charge < -0.3 is 29.9 Å². The van der Waals surface area contributed by atoms with Crippen LogP contribution in [0.4, 0.5) is 0 Å². The Hall–Kier alpha value is -1.67. The van der Waals surface area contributed by atoms with E-state index in [2.05, 4.69) is 0 Å². The molecule has 0 amide bonds. The first kappa shape index (κ1) is 21.6. The van der Waals surface area contributed by atoms with Crippen LogP contribution in [0.25, 0.3) is 0 Å². The lowest BCUT2D eigenvalue weighted by Crippen LogP contribution is -2.55. The highest BCUT2D eigenvalue weighted by molar-refractivity contribution is 6.32. The zero-order chi connectivity index (χ0) is 21.4. The molecule has 0 radical (unpaired) electrons. The van der Waals surface area contributed by atoms with Gasteiger partial charge in [-0.3, -0.25) is 0 Å². The van der Waals surface area contributed by atoms with Gasteiger partial charge in [0.2, 0.25) is 0 Å². The van der Waals surface area contributed by atoms with E-state index < -0.39 is 37.1 Å². The summed E-state index contributed by atoms with van der Waals surface area (Å²) in [4.78, 5) is 0. The molecule has 6 nitrogen and oxygen atoms in total. The molecule has 1 aliphatic heterocycles. The lowest BCUT2D eigenvalue weighted by molar-refractivity contribution is -0.231. The molecule has 1 saturated heterocycles. The van der Waals surface area contributed by atoms with Crippen LogP contribution in [0, 0.1) is 0 Å². The number of benzene rings is 2. The van der Waals surface area contributed by atoms with E-state index in [1.54, 1.807) is 7.11 Å². The number of aliphatic hydroxyl groups excluding tert-OH is 4. The van der Waals surface area contributed by atoms with Crippen LogP contribution >= 0.6 is 11.6 Å². The first-order valence-corrected chi connectivity index (χ1v) is 10.6. The van der Waals surface area contributed by atoms with Crippen molar-refractivity contribution >= 4 is 11.6 Å². The van der Waals surface area contributed by atoms with Crippen molar-refractivity contribution in [2.24, 2.45) is 0 Å². The predicted octanol–water partition coefficient (Wildman–Crippen LogP) is 1.94. The molecule has 2 aliphatic rings. The van der Waals surface area contributed by atoms with Crippen molar-refractivity contribution in [3.05, 3.63) is 63.2 Å². The van der Waals surface area contributed by atoms with Gasteiger partial charge in [0.05, 0.1) is 13.7 Å². The van der Waals surface area contributed by atoms with Gasteiger partial charge in [-0.05, 0) is 65.6 Å². The van der Waals surface area contributed by atoms with Crippen molar-refractivity contribution < 1.29 is 29.9 Å². The molecule has 0 spiro atoms. The third-order valence-electron chi connectivity index (χ3n) is 6.20. The number of rotatable bonds is 5. The van der Waals surface area contributed by atoms with Crippen molar-refractivity contribution in [3.63, 3.8) is 0 Å². The summed E-state index contributed by atoms with van der Waals surface area (Å²) in [7, 11) is 1.62. The maximum Gasteiger partial charge on any atom is 0.118 e. The second-order valence-electron chi connectivity index (χ2n) is 8.02. The molecule has 0 unspecified atom stereocenters. The average Bonchev–Trinajstić information content (AvgIpc) is 3.26. The maximum atomic E-state index is 10.6. The Balaban J connectivity index is 1.73. The first-order chi connectivity index (χ1) is 14.4. The molecule has 1 aliphatic carbocycles. The molecule has 30 heavy (non-hydrogen) atoms. The summed E-state index contributed by atoms with van der Waals surface area (Å²) >= 11 is 6.76. The van der Waals surface area contributed by atoms with E-state index in [-0.39, 0.29) is 0 Å². The predicted molar refractivity (Wildman–Crippen MR) is 112 cm³/mol. The number of fused-ring (bicyclic) bond motifs is 1. The quantitative estimate of drug-likeness (QED) is 0.574. The highest BCUT2D eigenvalue weighted by atomic mass is 35.5. The van der Waals surface area contributed by atoms with E-state index in [9.17, 15) is 20.4 Å². The Bertz CT molecular complexity index is 898. The highest BCUT2D eigenvalue weighted by Gasteiger charge is 2.45. The van der Waals surface area contributed by atoms with Gasteiger partial charge in [-0.1, -0.05) is 29.8 Å².